The molecule has 0 aliphatic carbocycles. The normalized spacial score (nSPS) is 38.5. The maximum atomic E-state index is 13.4. The van der Waals surface area contributed by atoms with Gasteiger partial charge in [-0.3, -0.25) is 0 Å². The van der Waals surface area contributed by atoms with E-state index in [0.29, 0.717) is 20.8 Å². The summed E-state index contributed by atoms with van der Waals surface area (Å²) in [7, 11) is 16.7. The van der Waals surface area contributed by atoms with Gasteiger partial charge in [0, 0.05) is 59.8 Å². The number of ether oxygens (including phenoxy) is 3. The van der Waals surface area contributed by atoms with Crippen LogP contribution in [0.25, 0.3) is 0 Å². The Morgan fingerprint density at radius 1 is 0.769 bits per heavy atom. The third-order valence-corrected chi connectivity index (χ3v) is 5.77. The molecule has 0 bridgehead atoms. The molecule has 7 nitrogen and oxygen atoms in total. The molecule has 3 saturated heterocycles. The second-order valence-corrected chi connectivity index (χ2v) is 9.86. The number of halogens is 4. The average Bonchev–Trinajstić information content (AvgIpc) is 3.36. The molecule has 5 unspecified atom stereocenters. The first-order chi connectivity index (χ1) is 16.4. The second-order valence-electron chi connectivity index (χ2n) is 7.71. The molecule has 3 rings (SSSR count). The summed E-state index contributed by atoms with van der Waals surface area (Å²) in [5, 5.41) is 26.2. The smallest absolute Gasteiger partial charge is 0.156 e. The van der Waals surface area contributed by atoms with Gasteiger partial charge in [0.2, 0.25) is 0 Å². The van der Waals surface area contributed by atoms with Crippen LogP contribution in [0.15, 0.2) is 0 Å². The van der Waals surface area contributed by atoms with E-state index in [-0.39, 0.29) is 62.7 Å². The van der Waals surface area contributed by atoms with Crippen LogP contribution in [0.2, 0.25) is 0 Å². The molecule has 3 heterocycles. The molecule has 3 aliphatic heterocycles. The molecule has 6 radical (unpaired) electrons. The maximum Gasteiger partial charge on any atom is 0.156 e. The van der Waals surface area contributed by atoms with Gasteiger partial charge >= 0.3 is 0 Å². The fourth-order valence-corrected chi connectivity index (χ4v) is 3.86. The van der Waals surface area contributed by atoms with Gasteiger partial charge in [-0.1, -0.05) is 13.8 Å². The van der Waals surface area contributed by atoms with Crippen LogP contribution in [0.4, 0.5) is 13.2 Å². The molecular formula is C21H41B3ClF3Ni2O7P2-2. The third-order valence-electron chi connectivity index (χ3n) is 5.26. The number of hydrogen-bond acceptors (Lipinski definition) is 7. The van der Waals surface area contributed by atoms with Gasteiger partial charge in [0.1, 0.15) is 48.0 Å². The summed E-state index contributed by atoms with van der Waals surface area (Å²) in [6.07, 6.45) is -7.68. The molecule has 3 fully saturated rings. The Balaban J connectivity index is -0.000000135. The van der Waals surface area contributed by atoms with Crippen molar-refractivity contribution in [2.75, 3.05) is 19.9 Å². The number of aliphatic hydroxyl groups is 3. The molecular weight excluding hydrogens is 668 g/mol. The molecule has 3 aliphatic rings. The molecule has 0 aromatic carbocycles. The van der Waals surface area contributed by atoms with Crippen molar-refractivity contribution in [2.45, 2.75) is 99.8 Å². The standard InChI is InChI=1S/C7H13BFO2P.C6H10BFO2.C5H8BFO3.CH4ClP.2CH3.2Ni/c1-3-4-5(9)6(11-12-2)7(8)10-4;1-2-3-4(8)5(9)6(7)10-3;6-5-4(9)3(7)2(1-8)10-5;1-3-2;;;;/h4-7,12H,3H2,1-2H3;3-6,9H,2H2,1H3;2-5,8-9H,1H2;3H,1H3;2*1H3;;/q;;;;2*-1;;/t4-,5-,6?,7-;3-,4-,5?,6-;2-,3-,4?,5-;;;;;/m111...../s1. The second kappa shape index (κ2) is 27.4. The van der Waals surface area contributed by atoms with Gasteiger partial charge in [-0.25, -0.2) is 13.2 Å². The van der Waals surface area contributed by atoms with Gasteiger partial charge in [0.05, 0.1) is 18.8 Å². The fraction of sp³-hybridized carbons (Fsp3) is 0.905. The average molecular weight is 710 g/mol. The summed E-state index contributed by atoms with van der Waals surface area (Å²) in [6.45, 7) is 6.98. The van der Waals surface area contributed by atoms with E-state index in [1.807, 2.05) is 20.3 Å². The van der Waals surface area contributed by atoms with Crippen molar-refractivity contribution in [3.63, 3.8) is 0 Å². The Labute approximate surface area is 265 Å². The molecule has 14 atom stereocenters. The molecule has 18 heteroatoms. The summed E-state index contributed by atoms with van der Waals surface area (Å²) in [5.74, 6) is 0. The third kappa shape index (κ3) is 16.5. The summed E-state index contributed by atoms with van der Waals surface area (Å²) in [4.78, 5) is 0. The van der Waals surface area contributed by atoms with Gasteiger partial charge in [-0.15, -0.1) is 11.2 Å². The zero-order chi connectivity index (χ0) is 27.3. The quantitative estimate of drug-likeness (QED) is 0.229. The van der Waals surface area contributed by atoms with E-state index in [4.69, 9.17) is 64.1 Å². The Morgan fingerprint density at radius 3 is 1.31 bits per heavy atom. The molecule has 0 aromatic heterocycles. The van der Waals surface area contributed by atoms with Crippen molar-refractivity contribution in [3.05, 3.63) is 14.9 Å². The van der Waals surface area contributed by atoms with Crippen LogP contribution in [-0.4, -0.2) is 132 Å². The van der Waals surface area contributed by atoms with Crippen LogP contribution < -0.4 is 0 Å². The molecule has 0 aromatic rings. The Bertz CT molecular complexity index is 547. The molecule has 0 spiro atoms. The first-order valence-electron chi connectivity index (χ1n) is 11.2. The number of rotatable bonds is 5. The maximum absolute atomic E-state index is 13.4. The molecule has 236 valence electrons. The van der Waals surface area contributed by atoms with Crippen molar-refractivity contribution in [3.8, 4) is 0 Å². The van der Waals surface area contributed by atoms with Crippen molar-refractivity contribution in [2.24, 2.45) is 0 Å². The SMILES string of the molecule is CPCl.[B][C@@H]1O[C@H](CC)[C@@H](F)C1O.[B][C@@H]1O[C@H](CC)[C@@H](F)C1OPC.[B][C@@H]1O[C@H](CO)[C@@H](F)C1O.[CH3-].[CH3-].[Ni].[Ni]. The van der Waals surface area contributed by atoms with Crippen LogP contribution in [0.5, 0.6) is 0 Å². The first kappa shape index (κ1) is 50.5. The Kier molecular flexibility index (Phi) is 35.4. The predicted molar refractivity (Wildman–Crippen MR) is 150 cm³/mol. The van der Waals surface area contributed by atoms with Gasteiger partial charge in [0.25, 0.3) is 0 Å². The first-order valence-corrected chi connectivity index (χ1v) is 15.1. The van der Waals surface area contributed by atoms with Gasteiger partial charge in [0.15, 0.2) is 18.5 Å². The monoisotopic (exact) mass is 708 g/mol. The fourth-order valence-electron chi connectivity index (χ4n) is 3.32. The zero-order valence-corrected chi connectivity index (χ0v) is 27.6. The van der Waals surface area contributed by atoms with E-state index < -0.39 is 73.7 Å². The van der Waals surface area contributed by atoms with Gasteiger partial charge < -0.3 is 48.9 Å². The van der Waals surface area contributed by atoms with Crippen molar-refractivity contribution in [1.82, 2.24) is 0 Å². The predicted octanol–water partition coefficient (Wildman–Crippen LogP) is 2.14. The molecule has 3 N–H and O–H groups in total. The van der Waals surface area contributed by atoms with E-state index in [9.17, 15) is 13.2 Å². The van der Waals surface area contributed by atoms with Gasteiger partial charge in [-0.05, 0) is 34.1 Å². The van der Waals surface area contributed by atoms with Crippen LogP contribution in [0.3, 0.4) is 0 Å². The van der Waals surface area contributed by atoms with E-state index >= 15 is 0 Å². The minimum atomic E-state index is -1.57. The Morgan fingerprint density at radius 2 is 1.10 bits per heavy atom. The van der Waals surface area contributed by atoms with Crippen LogP contribution >= 0.6 is 28.0 Å². The summed E-state index contributed by atoms with van der Waals surface area (Å²) in [6, 6.07) is -2.45. The van der Waals surface area contributed by atoms with Gasteiger partial charge in [-0.2, -0.15) is 0 Å². The van der Waals surface area contributed by atoms with Crippen molar-refractivity contribution < 1.29 is 80.2 Å². The number of alkyl halides is 3. The summed E-state index contributed by atoms with van der Waals surface area (Å²) in [5.41, 5.74) is 0. The van der Waals surface area contributed by atoms with Crippen molar-refractivity contribution in [1.29, 1.82) is 0 Å². The number of aliphatic hydroxyl groups excluding tert-OH is 3. The van der Waals surface area contributed by atoms with E-state index in [0.717, 1.165) is 0 Å². The van der Waals surface area contributed by atoms with E-state index in [1.165, 1.54) is 0 Å². The molecule has 0 saturated carbocycles. The minimum absolute atomic E-state index is 0. The van der Waals surface area contributed by atoms with Crippen LogP contribution in [0.1, 0.15) is 26.7 Å². The van der Waals surface area contributed by atoms with Crippen LogP contribution in [0, 0.1) is 14.9 Å². The van der Waals surface area contributed by atoms with E-state index in [1.54, 1.807) is 6.92 Å². The van der Waals surface area contributed by atoms with Crippen LogP contribution in [-0.2, 0) is 51.7 Å². The minimum Gasteiger partial charge on any atom is -0.394 e. The van der Waals surface area contributed by atoms with E-state index in [2.05, 4.69) is 4.74 Å². The molecule has 39 heavy (non-hydrogen) atoms. The Hall–Kier alpha value is 1.84. The number of hydrogen-bond donors (Lipinski definition) is 3. The summed E-state index contributed by atoms with van der Waals surface area (Å²) >= 11 is 5.03. The van der Waals surface area contributed by atoms with Crippen molar-refractivity contribution >= 4 is 51.5 Å². The zero-order valence-electron chi connectivity index (χ0n) is 22.9. The largest absolute Gasteiger partial charge is 0.394 e. The summed E-state index contributed by atoms with van der Waals surface area (Å²) < 4.78 is 58.6. The molecule has 0 amide bonds. The topological polar surface area (TPSA) is 97.6 Å².